The summed E-state index contributed by atoms with van der Waals surface area (Å²) in [5.74, 6) is 0.576. The van der Waals surface area contributed by atoms with Gasteiger partial charge in [-0.05, 0) is 18.6 Å². The Morgan fingerprint density at radius 2 is 2.43 bits per heavy atom. The second-order valence-electron chi connectivity index (χ2n) is 2.68. The van der Waals surface area contributed by atoms with Gasteiger partial charge in [0.05, 0.1) is 18.2 Å². The Morgan fingerprint density at radius 1 is 1.64 bits per heavy atom. The van der Waals surface area contributed by atoms with Crippen molar-refractivity contribution in [1.82, 2.24) is 4.83 Å². The normalized spacial score (nSPS) is 12.1. The number of hydrogen-bond donors (Lipinski definition) is 1. The Kier molecular flexibility index (Phi) is 3.70. The van der Waals surface area contributed by atoms with Crippen LogP contribution in [0.5, 0.6) is 0 Å². The second-order valence-corrected chi connectivity index (χ2v) is 4.50. The van der Waals surface area contributed by atoms with E-state index in [0.717, 1.165) is 0 Å². The first-order chi connectivity index (χ1) is 6.64. The smallest absolute Gasteiger partial charge is 0.247 e. The molecule has 1 heterocycles. The maximum absolute atomic E-state index is 11.1. The van der Waals surface area contributed by atoms with Gasteiger partial charge in [-0.1, -0.05) is 6.92 Å². The summed E-state index contributed by atoms with van der Waals surface area (Å²) in [5, 5.41) is 3.55. The maximum atomic E-state index is 11.1. The molecule has 0 aromatic carbocycles. The standard InChI is InChI=1S/C8H12N2O3S/c1-2-6-14(11,12)10-9-7-8-4-3-5-13-8/h3-5,7,10H,2,6H2,1H3/b9-7-. The third-order valence-electron chi connectivity index (χ3n) is 1.40. The molecule has 78 valence electrons. The molecule has 1 rings (SSSR count). The average molecular weight is 216 g/mol. The SMILES string of the molecule is CCCS(=O)(=O)N/N=C\c1ccco1. The van der Waals surface area contributed by atoms with Gasteiger partial charge in [0.25, 0.3) is 0 Å². The van der Waals surface area contributed by atoms with E-state index in [1.807, 2.05) is 0 Å². The molecule has 14 heavy (non-hydrogen) atoms. The summed E-state index contributed by atoms with van der Waals surface area (Å²) >= 11 is 0. The molecule has 0 saturated heterocycles. The lowest BCUT2D eigenvalue weighted by Crippen LogP contribution is -2.21. The molecule has 1 N–H and O–H groups in total. The van der Waals surface area contributed by atoms with Crippen molar-refractivity contribution in [1.29, 1.82) is 0 Å². The Balaban J connectivity index is 2.48. The van der Waals surface area contributed by atoms with Crippen LogP contribution in [0.2, 0.25) is 0 Å². The topological polar surface area (TPSA) is 71.7 Å². The van der Waals surface area contributed by atoms with E-state index in [4.69, 9.17) is 4.42 Å². The zero-order valence-electron chi connectivity index (χ0n) is 7.80. The molecule has 0 fully saturated rings. The van der Waals surface area contributed by atoms with Crippen LogP contribution < -0.4 is 4.83 Å². The van der Waals surface area contributed by atoms with Crippen LogP contribution in [-0.4, -0.2) is 20.4 Å². The maximum Gasteiger partial charge on any atom is 0.247 e. The molecule has 0 spiro atoms. The Hall–Kier alpha value is -1.30. The fourth-order valence-corrected chi connectivity index (χ4v) is 1.69. The zero-order chi connectivity index (χ0) is 10.4. The van der Waals surface area contributed by atoms with Crippen molar-refractivity contribution in [3.63, 3.8) is 0 Å². The van der Waals surface area contributed by atoms with E-state index in [-0.39, 0.29) is 5.75 Å². The van der Waals surface area contributed by atoms with E-state index in [1.54, 1.807) is 19.1 Å². The number of nitrogens with one attached hydrogen (secondary N) is 1. The molecule has 0 unspecified atom stereocenters. The summed E-state index contributed by atoms with van der Waals surface area (Å²) in [4.78, 5) is 2.08. The van der Waals surface area contributed by atoms with E-state index in [2.05, 4.69) is 9.93 Å². The van der Waals surface area contributed by atoms with Gasteiger partial charge in [-0.3, -0.25) is 0 Å². The quantitative estimate of drug-likeness (QED) is 0.588. The molecule has 0 bridgehead atoms. The first-order valence-corrected chi connectivity index (χ1v) is 5.85. The molecular formula is C8H12N2O3S. The van der Waals surface area contributed by atoms with Gasteiger partial charge in [0, 0.05) is 0 Å². The number of sulfonamides is 1. The van der Waals surface area contributed by atoms with Gasteiger partial charge >= 0.3 is 0 Å². The number of rotatable bonds is 5. The Labute approximate surface area is 82.9 Å². The third-order valence-corrected chi connectivity index (χ3v) is 2.73. The molecule has 0 aliphatic heterocycles. The van der Waals surface area contributed by atoms with Crippen molar-refractivity contribution in [3.05, 3.63) is 24.2 Å². The fourth-order valence-electron chi connectivity index (χ4n) is 0.849. The zero-order valence-corrected chi connectivity index (χ0v) is 8.62. The molecule has 1 aromatic heterocycles. The minimum atomic E-state index is -3.27. The van der Waals surface area contributed by atoms with Gasteiger partial charge in [-0.25, -0.2) is 13.2 Å². The van der Waals surface area contributed by atoms with Crippen LogP contribution in [0.15, 0.2) is 27.9 Å². The van der Waals surface area contributed by atoms with E-state index in [1.165, 1.54) is 12.5 Å². The molecule has 0 aliphatic rings. The molecule has 0 amide bonds. The summed E-state index contributed by atoms with van der Waals surface area (Å²) < 4.78 is 27.1. The highest BCUT2D eigenvalue weighted by molar-refractivity contribution is 7.89. The molecule has 0 aliphatic carbocycles. The Bertz CT molecular complexity index is 381. The van der Waals surface area contributed by atoms with E-state index in [0.29, 0.717) is 12.2 Å². The van der Waals surface area contributed by atoms with Crippen LogP contribution in [0.1, 0.15) is 19.1 Å². The number of nitrogens with zero attached hydrogens (tertiary/aromatic N) is 1. The average Bonchev–Trinajstić information content (AvgIpc) is 2.56. The first kappa shape index (κ1) is 10.8. The molecule has 1 aromatic rings. The van der Waals surface area contributed by atoms with Crippen molar-refractivity contribution in [2.45, 2.75) is 13.3 Å². The molecule has 0 atom stereocenters. The largest absolute Gasteiger partial charge is 0.463 e. The predicted octanol–water partition coefficient (Wildman–Crippen LogP) is 0.943. The Morgan fingerprint density at radius 3 is 3.00 bits per heavy atom. The van der Waals surface area contributed by atoms with E-state index >= 15 is 0 Å². The lowest BCUT2D eigenvalue weighted by Gasteiger charge is -1.98. The van der Waals surface area contributed by atoms with Crippen LogP contribution in [0, 0.1) is 0 Å². The van der Waals surface area contributed by atoms with Gasteiger partial charge < -0.3 is 4.42 Å². The molecule has 0 saturated carbocycles. The van der Waals surface area contributed by atoms with Crippen LogP contribution in [0.4, 0.5) is 0 Å². The van der Waals surface area contributed by atoms with E-state index in [9.17, 15) is 8.42 Å². The summed E-state index contributed by atoms with van der Waals surface area (Å²) in [7, 11) is -3.27. The lowest BCUT2D eigenvalue weighted by atomic mass is 10.5. The van der Waals surface area contributed by atoms with Crippen LogP contribution in [0.3, 0.4) is 0 Å². The third kappa shape index (κ3) is 3.61. The lowest BCUT2D eigenvalue weighted by molar-refractivity contribution is 0.559. The highest BCUT2D eigenvalue weighted by atomic mass is 32.2. The van der Waals surface area contributed by atoms with Crippen molar-refractivity contribution in [3.8, 4) is 0 Å². The monoisotopic (exact) mass is 216 g/mol. The van der Waals surface area contributed by atoms with Gasteiger partial charge in [0.2, 0.25) is 10.0 Å². The molecule has 0 radical (unpaired) electrons. The molecular weight excluding hydrogens is 204 g/mol. The van der Waals surface area contributed by atoms with Crippen LogP contribution in [0.25, 0.3) is 0 Å². The van der Waals surface area contributed by atoms with Crippen LogP contribution in [-0.2, 0) is 10.0 Å². The van der Waals surface area contributed by atoms with Crippen molar-refractivity contribution in [2.75, 3.05) is 5.75 Å². The number of hydrogen-bond acceptors (Lipinski definition) is 4. The number of furan rings is 1. The van der Waals surface area contributed by atoms with Crippen molar-refractivity contribution >= 4 is 16.2 Å². The fraction of sp³-hybridized carbons (Fsp3) is 0.375. The molecule has 6 heteroatoms. The minimum absolute atomic E-state index is 0.0719. The van der Waals surface area contributed by atoms with Gasteiger partial charge in [0.1, 0.15) is 5.76 Å². The van der Waals surface area contributed by atoms with Gasteiger partial charge in [-0.15, -0.1) is 0 Å². The van der Waals surface area contributed by atoms with Gasteiger partial charge in [-0.2, -0.15) is 5.10 Å². The van der Waals surface area contributed by atoms with Crippen molar-refractivity contribution in [2.24, 2.45) is 5.10 Å². The second kappa shape index (κ2) is 4.80. The summed E-state index contributed by atoms with van der Waals surface area (Å²) in [6.07, 6.45) is 3.36. The molecule has 5 nitrogen and oxygen atoms in total. The van der Waals surface area contributed by atoms with Crippen LogP contribution >= 0.6 is 0 Å². The predicted molar refractivity (Wildman–Crippen MR) is 53.5 cm³/mol. The minimum Gasteiger partial charge on any atom is -0.463 e. The number of hydrazone groups is 1. The van der Waals surface area contributed by atoms with Crippen molar-refractivity contribution < 1.29 is 12.8 Å². The van der Waals surface area contributed by atoms with Gasteiger partial charge in [0.15, 0.2) is 0 Å². The summed E-state index contributed by atoms with van der Waals surface area (Å²) in [6.45, 7) is 1.79. The van der Waals surface area contributed by atoms with E-state index < -0.39 is 10.0 Å². The summed E-state index contributed by atoms with van der Waals surface area (Å²) in [6, 6.07) is 3.37. The highest BCUT2D eigenvalue weighted by Crippen LogP contribution is 1.95. The first-order valence-electron chi connectivity index (χ1n) is 4.20. The summed E-state index contributed by atoms with van der Waals surface area (Å²) in [5.41, 5.74) is 0. The highest BCUT2D eigenvalue weighted by Gasteiger charge is 2.04.